The third kappa shape index (κ3) is 5.44. The fourth-order valence-electron chi connectivity index (χ4n) is 4.48. The zero-order chi connectivity index (χ0) is 15.4. The lowest BCUT2D eigenvalue weighted by Gasteiger charge is -2.26. The predicted octanol–water partition coefficient (Wildman–Crippen LogP) is 2.76. The molecule has 1 heterocycles. The first-order chi connectivity index (χ1) is 10.7. The van der Waals surface area contributed by atoms with Crippen LogP contribution in [0, 0.1) is 11.8 Å². The van der Waals surface area contributed by atoms with E-state index in [0.29, 0.717) is 12.2 Å². The SMILES string of the molecule is C[SiH](CCC1CCCC(O)C1)O[SiH2]CCC1CCC2OC2C1. The number of hydrogen-bond acceptors (Lipinski definition) is 3. The first-order valence-corrected chi connectivity index (χ1v) is 13.7. The molecule has 1 N–H and O–H groups in total. The van der Waals surface area contributed by atoms with Gasteiger partial charge in [0.15, 0.2) is 9.04 Å². The van der Waals surface area contributed by atoms with Crippen molar-refractivity contribution < 1.29 is 14.0 Å². The van der Waals surface area contributed by atoms with Crippen molar-refractivity contribution in [2.45, 2.75) is 94.7 Å². The maximum absolute atomic E-state index is 9.74. The molecule has 1 aliphatic heterocycles. The van der Waals surface area contributed by atoms with E-state index >= 15 is 0 Å². The minimum Gasteiger partial charge on any atom is -0.463 e. The standard InChI is InChI=1S/C17H34O3Si2/c1-22(10-8-13-3-2-4-15(18)11-13)20-21-9-7-14-5-6-16-17(12-14)19-16/h13-18,22H,2-12,21H2,1H3. The summed E-state index contributed by atoms with van der Waals surface area (Å²) in [5.41, 5.74) is 0. The van der Waals surface area contributed by atoms with Gasteiger partial charge in [0.2, 0.25) is 0 Å². The molecule has 22 heavy (non-hydrogen) atoms. The number of aliphatic hydroxyl groups is 1. The zero-order valence-corrected chi connectivity index (χ0v) is 16.8. The average Bonchev–Trinajstić information content (AvgIpc) is 3.28. The number of hydrogen-bond donors (Lipinski definition) is 1. The van der Waals surface area contributed by atoms with Crippen LogP contribution in [0.3, 0.4) is 0 Å². The molecule has 0 radical (unpaired) electrons. The summed E-state index contributed by atoms with van der Waals surface area (Å²) in [5.74, 6) is 1.71. The van der Waals surface area contributed by atoms with Crippen LogP contribution in [0.1, 0.15) is 57.8 Å². The molecule has 0 spiro atoms. The molecular formula is C17H34O3Si2. The number of epoxide rings is 1. The predicted molar refractivity (Wildman–Crippen MR) is 95.5 cm³/mol. The lowest BCUT2D eigenvalue weighted by Crippen LogP contribution is -2.22. The minimum absolute atomic E-state index is 0.0171. The molecule has 2 saturated carbocycles. The quantitative estimate of drug-likeness (QED) is 0.419. The molecule has 3 aliphatic rings. The average molecular weight is 343 g/mol. The van der Waals surface area contributed by atoms with E-state index in [1.54, 1.807) is 0 Å². The van der Waals surface area contributed by atoms with E-state index in [2.05, 4.69) is 6.55 Å². The van der Waals surface area contributed by atoms with Crippen LogP contribution < -0.4 is 0 Å². The maximum atomic E-state index is 9.74. The van der Waals surface area contributed by atoms with Gasteiger partial charge < -0.3 is 14.0 Å². The molecule has 0 aromatic heterocycles. The summed E-state index contributed by atoms with van der Waals surface area (Å²) < 4.78 is 11.9. The van der Waals surface area contributed by atoms with Crippen molar-refractivity contribution in [1.29, 1.82) is 0 Å². The van der Waals surface area contributed by atoms with Crippen LogP contribution in [0.5, 0.6) is 0 Å². The van der Waals surface area contributed by atoms with Crippen LogP contribution in [-0.2, 0) is 8.85 Å². The second kappa shape index (κ2) is 8.42. The molecule has 3 fully saturated rings. The largest absolute Gasteiger partial charge is 0.463 e. The van der Waals surface area contributed by atoms with E-state index in [1.807, 2.05) is 0 Å². The summed E-state index contributed by atoms with van der Waals surface area (Å²) in [7, 11) is -1.19. The van der Waals surface area contributed by atoms with E-state index in [9.17, 15) is 5.11 Å². The monoisotopic (exact) mass is 342 g/mol. The van der Waals surface area contributed by atoms with Crippen molar-refractivity contribution in [2.24, 2.45) is 11.8 Å². The molecule has 0 aromatic rings. The fourth-order valence-corrected chi connectivity index (χ4v) is 9.11. The van der Waals surface area contributed by atoms with Gasteiger partial charge in [-0.3, -0.25) is 0 Å². The van der Waals surface area contributed by atoms with Gasteiger partial charge in [0.25, 0.3) is 0 Å². The third-order valence-corrected chi connectivity index (χ3v) is 11.1. The Labute approximate surface area is 139 Å². The topological polar surface area (TPSA) is 42.0 Å². The third-order valence-electron chi connectivity index (χ3n) is 6.01. The van der Waals surface area contributed by atoms with Gasteiger partial charge in [-0.1, -0.05) is 25.7 Å². The summed E-state index contributed by atoms with van der Waals surface area (Å²) in [5, 5.41) is 9.74. The van der Waals surface area contributed by atoms with Crippen molar-refractivity contribution in [1.82, 2.24) is 0 Å². The first-order valence-electron chi connectivity index (χ1n) is 9.66. The van der Waals surface area contributed by atoms with Gasteiger partial charge in [-0.2, -0.15) is 0 Å². The number of ether oxygens (including phenoxy) is 1. The molecule has 3 nitrogen and oxygen atoms in total. The molecule has 1 saturated heterocycles. The fraction of sp³-hybridized carbons (Fsp3) is 1.00. The summed E-state index contributed by atoms with van der Waals surface area (Å²) in [6.07, 6.45) is 12.7. The van der Waals surface area contributed by atoms with Gasteiger partial charge in [-0.15, -0.1) is 0 Å². The highest BCUT2D eigenvalue weighted by Gasteiger charge is 2.43. The summed E-state index contributed by atoms with van der Waals surface area (Å²) in [6, 6.07) is 2.70. The van der Waals surface area contributed by atoms with Crippen LogP contribution in [0.25, 0.3) is 0 Å². The van der Waals surface area contributed by atoms with E-state index < -0.39 is 9.04 Å². The smallest absolute Gasteiger partial charge is 0.159 e. The van der Waals surface area contributed by atoms with Gasteiger partial charge in [0, 0.05) is 0 Å². The van der Waals surface area contributed by atoms with E-state index in [1.165, 1.54) is 57.0 Å². The molecule has 2 aliphatic carbocycles. The van der Waals surface area contributed by atoms with Crippen molar-refractivity contribution in [3.63, 3.8) is 0 Å². The molecule has 0 bridgehead atoms. The summed E-state index contributed by atoms with van der Waals surface area (Å²) in [4.78, 5) is 0. The Morgan fingerprint density at radius 3 is 2.77 bits per heavy atom. The van der Waals surface area contributed by atoms with Gasteiger partial charge in [-0.25, -0.2) is 0 Å². The van der Waals surface area contributed by atoms with Crippen LogP contribution in [-0.4, -0.2) is 42.2 Å². The molecule has 0 amide bonds. The molecule has 6 unspecified atom stereocenters. The van der Waals surface area contributed by atoms with E-state index in [4.69, 9.17) is 8.85 Å². The van der Waals surface area contributed by atoms with Gasteiger partial charge in [-0.05, 0) is 62.6 Å². The maximum Gasteiger partial charge on any atom is 0.159 e. The summed E-state index contributed by atoms with van der Waals surface area (Å²) in [6.45, 7) is 2.38. The Hall–Kier alpha value is 0.314. The van der Waals surface area contributed by atoms with Gasteiger partial charge in [0.1, 0.15) is 9.76 Å². The second-order valence-electron chi connectivity index (χ2n) is 7.98. The Balaban J connectivity index is 1.19. The first kappa shape index (κ1) is 17.1. The Bertz CT molecular complexity index is 342. The lowest BCUT2D eigenvalue weighted by molar-refractivity contribution is 0.0996. The van der Waals surface area contributed by atoms with Gasteiger partial charge in [0.05, 0.1) is 18.3 Å². The normalized spacial score (nSPS) is 39.8. The van der Waals surface area contributed by atoms with Crippen LogP contribution in [0.2, 0.25) is 18.6 Å². The van der Waals surface area contributed by atoms with E-state index in [-0.39, 0.29) is 15.9 Å². The minimum atomic E-state index is -0.916. The van der Waals surface area contributed by atoms with Crippen molar-refractivity contribution in [2.75, 3.05) is 0 Å². The molecule has 3 rings (SSSR count). The van der Waals surface area contributed by atoms with Crippen LogP contribution >= 0.6 is 0 Å². The van der Waals surface area contributed by atoms with Crippen LogP contribution in [0.4, 0.5) is 0 Å². The Kier molecular flexibility index (Phi) is 6.56. The summed E-state index contributed by atoms with van der Waals surface area (Å²) >= 11 is 0. The number of fused-ring (bicyclic) bond motifs is 1. The molecule has 128 valence electrons. The van der Waals surface area contributed by atoms with Crippen molar-refractivity contribution in [3.8, 4) is 0 Å². The van der Waals surface area contributed by atoms with E-state index in [0.717, 1.165) is 24.7 Å². The molecule has 5 heteroatoms. The molecule has 6 atom stereocenters. The van der Waals surface area contributed by atoms with Crippen molar-refractivity contribution in [3.05, 3.63) is 0 Å². The second-order valence-corrected chi connectivity index (χ2v) is 12.6. The number of rotatable bonds is 8. The highest BCUT2D eigenvalue weighted by Crippen LogP contribution is 2.40. The van der Waals surface area contributed by atoms with Gasteiger partial charge >= 0.3 is 0 Å². The van der Waals surface area contributed by atoms with Crippen LogP contribution in [0.15, 0.2) is 0 Å². The Morgan fingerprint density at radius 2 is 1.95 bits per heavy atom. The molecule has 0 aromatic carbocycles. The van der Waals surface area contributed by atoms with Crippen molar-refractivity contribution >= 4 is 18.8 Å². The zero-order valence-electron chi connectivity index (χ0n) is 14.2. The highest BCUT2D eigenvalue weighted by molar-refractivity contribution is 6.57. The highest BCUT2D eigenvalue weighted by atomic mass is 28.3. The Morgan fingerprint density at radius 1 is 1.09 bits per heavy atom. The lowest BCUT2D eigenvalue weighted by atomic mass is 9.86. The molecular weight excluding hydrogens is 308 g/mol. The number of aliphatic hydroxyl groups excluding tert-OH is 1.